The van der Waals surface area contributed by atoms with Gasteiger partial charge in [-0.2, -0.15) is 0 Å². The molecule has 0 fully saturated rings. The quantitative estimate of drug-likeness (QED) is 0.178. The Labute approximate surface area is 193 Å². The molecule has 34 heavy (non-hydrogen) atoms. The second-order valence-electron chi connectivity index (χ2n) is 9.41. The fourth-order valence-corrected chi connectivity index (χ4v) is 6.34. The summed E-state index contributed by atoms with van der Waals surface area (Å²) < 4.78 is 0. The molecule has 2 heteroatoms. The van der Waals surface area contributed by atoms with Crippen LogP contribution in [0.1, 0.15) is 0 Å². The maximum atomic E-state index is 5.06. The van der Waals surface area contributed by atoms with Gasteiger partial charge in [-0.3, -0.25) is 9.97 Å². The third-order valence-corrected chi connectivity index (χ3v) is 7.77. The molecule has 0 N–H and O–H groups in total. The summed E-state index contributed by atoms with van der Waals surface area (Å²) in [5, 5.41) is 17.4. The Balaban J connectivity index is 1.60. The summed E-state index contributed by atoms with van der Waals surface area (Å²) in [4.78, 5) is 10.1. The second kappa shape index (κ2) is 5.67. The Bertz CT molecular complexity index is 2090. The highest BCUT2D eigenvalue weighted by molar-refractivity contribution is 6.41. The smallest absolute Gasteiger partial charge is 0.0793 e. The van der Waals surface area contributed by atoms with Gasteiger partial charge >= 0.3 is 0 Å². The second-order valence-corrected chi connectivity index (χ2v) is 9.41. The number of fused-ring (bicyclic) bond motifs is 6. The van der Waals surface area contributed by atoms with Crippen LogP contribution in [0, 0.1) is 0 Å². The van der Waals surface area contributed by atoms with E-state index in [9.17, 15) is 0 Å². The molecule has 9 aromatic rings. The van der Waals surface area contributed by atoms with Gasteiger partial charge in [0.25, 0.3) is 0 Å². The van der Waals surface area contributed by atoms with E-state index in [1.54, 1.807) is 0 Å². The Morgan fingerprint density at radius 1 is 0.353 bits per heavy atom. The van der Waals surface area contributed by atoms with Gasteiger partial charge in [-0.1, -0.05) is 72.8 Å². The lowest BCUT2D eigenvalue weighted by molar-refractivity contribution is 1.46. The lowest BCUT2D eigenvalue weighted by atomic mass is 9.87. The third kappa shape index (κ3) is 1.86. The predicted molar refractivity (Wildman–Crippen MR) is 144 cm³/mol. The van der Waals surface area contributed by atoms with E-state index < -0.39 is 0 Å². The van der Waals surface area contributed by atoms with Gasteiger partial charge in [0.2, 0.25) is 0 Å². The first kappa shape index (κ1) is 17.0. The van der Waals surface area contributed by atoms with E-state index in [4.69, 9.17) is 9.97 Å². The SMILES string of the molecule is c1ccc2c(c1)cc1ccc3c4cnc5c6ccccc6cc6ccc(c7cnc2c1c37)c4c65. The van der Waals surface area contributed by atoms with Crippen LogP contribution < -0.4 is 0 Å². The van der Waals surface area contributed by atoms with Crippen molar-refractivity contribution in [3.8, 4) is 0 Å². The van der Waals surface area contributed by atoms with E-state index in [0.717, 1.165) is 11.0 Å². The van der Waals surface area contributed by atoms with E-state index in [2.05, 4.69) is 97.3 Å². The number of hydrogen-bond donors (Lipinski definition) is 0. The van der Waals surface area contributed by atoms with Gasteiger partial charge in [-0.05, 0) is 44.5 Å². The van der Waals surface area contributed by atoms with Crippen LogP contribution in [0.3, 0.4) is 0 Å². The zero-order valence-corrected chi connectivity index (χ0v) is 18.1. The molecule has 0 atom stereocenters. The molecule has 0 amide bonds. The molecule has 2 aromatic heterocycles. The van der Waals surface area contributed by atoms with E-state index in [0.29, 0.717) is 0 Å². The summed E-state index contributed by atoms with van der Waals surface area (Å²) in [7, 11) is 0. The molecular formula is C32H16N2. The molecular weight excluding hydrogens is 412 g/mol. The van der Waals surface area contributed by atoms with Crippen LogP contribution in [0.5, 0.6) is 0 Å². The highest BCUT2D eigenvalue weighted by atomic mass is 14.7. The van der Waals surface area contributed by atoms with Crippen molar-refractivity contribution in [1.82, 2.24) is 9.97 Å². The summed E-state index contributed by atoms with van der Waals surface area (Å²) in [5.41, 5.74) is 2.16. The zero-order chi connectivity index (χ0) is 22.0. The van der Waals surface area contributed by atoms with Crippen LogP contribution in [0.25, 0.3) is 86.4 Å². The van der Waals surface area contributed by atoms with Crippen LogP contribution in [0.15, 0.2) is 97.3 Å². The summed E-state index contributed by atoms with van der Waals surface area (Å²) in [6, 6.07) is 30.8. The van der Waals surface area contributed by atoms with Gasteiger partial charge in [-0.25, -0.2) is 0 Å². The number of benzene rings is 7. The molecule has 9 rings (SSSR count). The van der Waals surface area contributed by atoms with E-state index in [1.807, 2.05) is 0 Å². The van der Waals surface area contributed by atoms with Crippen LogP contribution in [-0.4, -0.2) is 9.97 Å². The molecule has 0 saturated heterocycles. The molecule has 0 unspecified atom stereocenters. The van der Waals surface area contributed by atoms with Gasteiger partial charge in [0.15, 0.2) is 0 Å². The monoisotopic (exact) mass is 428 g/mol. The van der Waals surface area contributed by atoms with Crippen LogP contribution in [-0.2, 0) is 0 Å². The van der Waals surface area contributed by atoms with Gasteiger partial charge in [0.1, 0.15) is 0 Å². The molecule has 154 valence electrons. The van der Waals surface area contributed by atoms with Crippen molar-refractivity contribution in [2.24, 2.45) is 0 Å². The van der Waals surface area contributed by atoms with Crippen molar-refractivity contribution in [2.45, 2.75) is 0 Å². The number of pyridine rings is 2. The number of aromatic nitrogens is 2. The van der Waals surface area contributed by atoms with Gasteiger partial charge in [0.05, 0.1) is 11.0 Å². The molecule has 0 saturated carbocycles. The summed E-state index contributed by atoms with van der Waals surface area (Å²) >= 11 is 0. The largest absolute Gasteiger partial charge is 0.255 e. The molecule has 0 aliphatic rings. The van der Waals surface area contributed by atoms with Crippen LogP contribution >= 0.6 is 0 Å². The Kier molecular flexibility index (Phi) is 2.83. The average Bonchev–Trinajstić information content (AvgIpc) is 2.90. The van der Waals surface area contributed by atoms with Crippen LogP contribution in [0.2, 0.25) is 0 Å². The highest BCUT2D eigenvalue weighted by Crippen LogP contribution is 2.46. The topological polar surface area (TPSA) is 25.8 Å². The molecule has 0 aliphatic carbocycles. The number of rotatable bonds is 0. The normalized spacial score (nSPS) is 12.7. The van der Waals surface area contributed by atoms with E-state index in [1.165, 1.54) is 75.4 Å². The summed E-state index contributed by atoms with van der Waals surface area (Å²) in [5.74, 6) is 0. The van der Waals surface area contributed by atoms with Crippen molar-refractivity contribution in [3.05, 3.63) is 97.3 Å². The number of hydrogen-bond acceptors (Lipinski definition) is 2. The lowest BCUT2D eigenvalue weighted by Gasteiger charge is -2.18. The molecule has 2 heterocycles. The lowest BCUT2D eigenvalue weighted by Crippen LogP contribution is -1.94. The minimum absolute atomic E-state index is 1.08. The van der Waals surface area contributed by atoms with Crippen molar-refractivity contribution in [3.63, 3.8) is 0 Å². The molecule has 2 nitrogen and oxygen atoms in total. The van der Waals surface area contributed by atoms with Crippen molar-refractivity contribution in [2.75, 3.05) is 0 Å². The molecule has 0 bridgehead atoms. The predicted octanol–water partition coefficient (Wildman–Crippen LogP) is 8.58. The maximum Gasteiger partial charge on any atom is 0.0793 e. The third-order valence-electron chi connectivity index (χ3n) is 7.77. The Morgan fingerprint density at radius 3 is 1.32 bits per heavy atom. The Morgan fingerprint density at radius 2 is 0.824 bits per heavy atom. The van der Waals surface area contributed by atoms with Crippen molar-refractivity contribution >= 4 is 86.4 Å². The summed E-state index contributed by atoms with van der Waals surface area (Å²) in [6.07, 6.45) is 4.18. The average molecular weight is 428 g/mol. The molecule has 7 aromatic carbocycles. The van der Waals surface area contributed by atoms with Crippen molar-refractivity contribution in [1.29, 1.82) is 0 Å². The fourth-order valence-electron chi connectivity index (χ4n) is 6.34. The highest BCUT2D eigenvalue weighted by Gasteiger charge is 2.20. The number of nitrogens with zero attached hydrogens (tertiary/aromatic N) is 2. The minimum atomic E-state index is 1.08. The fraction of sp³-hybridized carbons (Fsp3) is 0. The van der Waals surface area contributed by atoms with E-state index in [-0.39, 0.29) is 0 Å². The molecule has 0 radical (unpaired) electrons. The standard InChI is InChI=1S/C32H16N2/c1-3-7-21-17(5-1)13-19-9-11-23-26-16-34-32-22-8-4-2-6-18(22)14-20-10-12-24(30(26)28(20)32)25-15-33-31(21)27(19)29(23)25/h1-16H. The Hall–Kier alpha value is -4.56. The van der Waals surface area contributed by atoms with Gasteiger partial charge in [-0.15, -0.1) is 0 Å². The van der Waals surface area contributed by atoms with Crippen molar-refractivity contribution < 1.29 is 0 Å². The molecule has 0 spiro atoms. The zero-order valence-electron chi connectivity index (χ0n) is 18.1. The van der Waals surface area contributed by atoms with Gasteiger partial charge in [0, 0.05) is 55.5 Å². The van der Waals surface area contributed by atoms with Crippen LogP contribution in [0.4, 0.5) is 0 Å². The maximum absolute atomic E-state index is 5.06. The first-order chi connectivity index (χ1) is 16.9. The first-order valence-electron chi connectivity index (χ1n) is 11.7. The van der Waals surface area contributed by atoms with E-state index >= 15 is 0 Å². The van der Waals surface area contributed by atoms with Gasteiger partial charge < -0.3 is 0 Å². The first-order valence-corrected chi connectivity index (χ1v) is 11.7. The summed E-state index contributed by atoms with van der Waals surface area (Å²) in [6.45, 7) is 0. The molecule has 0 aliphatic heterocycles. The minimum Gasteiger partial charge on any atom is -0.255 e.